The molecule has 0 unspecified atom stereocenters. The minimum Gasteiger partial charge on any atom is -0.398 e. The quantitative estimate of drug-likeness (QED) is 0.725. The second kappa shape index (κ2) is 5.76. The van der Waals surface area contributed by atoms with E-state index in [1.165, 1.54) is 0 Å². The van der Waals surface area contributed by atoms with Gasteiger partial charge in [0, 0.05) is 28.5 Å². The summed E-state index contributed by atoms with van der Waals surface area (Å²) in [4.78, 5) is 16.4. The number of carbonyl (C=O) groups excluding carboxylic acids is 1. The highest BCUT2D eigenvalue weighted by Gasteiger charge is 2.09. The van der Waals surface area contributed by atoms with E-state index in [0.717, 1.165) is 16.3 Å². The second-order valence-electron chi connectivity index (χ2n) is 4.46. The fourth-order valence-electron chi connectivity index (χ4n) is 1.96. The number of nitrogens with zero attached hydrogens (tertiary/aromatic N) is 1. The lowest BCUT2D eigenvalue weighted by Gasteiger charge is -2.07. The normalized spacial score (nSPS) is 10.3. The summed E-state index contributed by atoms with van der Waals surface area (Å²) in [6.45, 7) is 0. The first-order chi connectivity index (χ1) is 10.2. The van der Waals surface area contributed by atoms with Gasteiger partial charge in [-0.2, -0.15) is 0 Å². The highest BCUT2D eigenvalue weighted by molar-refractivity contribution is 7.13. The number of para-hydroxylation sites is 1. The zero-order valence-corrected chi connectivity index (χ0v) is 11.9. The largest absolute Gasteiger partial charge is 0.398 e. The van der Waals surface area contributed by atoms with Crippen molar-refractivity contribution in [2.45, 2.75) is 0 Å². The predicted octanol–water partition coefficient (Wildman–Crippen LogP) is 3.64. The molecule has 0 bridgehead atoms. The van der Waals surface area contributed by atoms with Gasteiger partial charge in [0.1, 0.15) is 5.01 Å². The molecule has 2 aromatic carbocycles. The molecule has 0 radical (unpaired) electrons. The first-order valence-electron chi connectivity index (χ1n) is 6.40. The van der Waals surface area contributed by atoms with Crippen molar-refractivity contribution < 1.29 is 4.79 Å². The Balaban J connectivity index is 1.77. The number of nitrogen functional groups attached to an aromatic ring is 1. The first kappa shape index (κ1) is 13.3. The Bertz CT molecular complexity index is 751. The molecule has 3 N–H and O–H groups in total. The molecule has 0 aliphatic rings. The summed E-state index contributed by atoms with van der Waals surface area (Å²) in [5.74, 6) is -0.213. The van der Waals surface area contributed by atoms with Gasteiger partial charge in [0.2, 0.25) is 0 Å². The number of anilines is 2. The number of carbonyl (C=O) groups is 1. The number of hydrogen-bond acceptors (Lipinski definition) is 4. The van der Waals surface area contributed by atoms with Crippen molar-refractivity contribution in [1.82, 2.24) is 4.98 Å². The van der Waals surface area contributed by atoms with Crippen LogP contribution in [0.4, 0.5) is 11.4 Å². The maximum absolute atomic E-state index is 12.1. The van der Waals surface area contributed by atoms with E-state index in [0.29, 0.717) is 11.3 Å². The lowest BCUT2D eigenvalue weighted by molar-refractivity contribution is 0.102. The molecule has 3 rings (SSSR count). The second-order valence-corrected chi connectivity index (χ2v) is 5.35. The van der Waals surface area contributed by atoms with Crippen molar-refractivity contribution in [1.29, 1.82) is 0 Å². The smallest absolute Gasteiger partial charge is 0.257 e. The van der Waals surface area contributed by atoms with Crippen LogP contribution in [0.2, 0.25) is 0 Å². The standard InChI is InChI=1S/C16H13N3OS/c17-14-4-2-1-3-13(14)15(20)19-12-7-5-11(6-8-12)16-18-9-10-21-16/h1-10H,17H2,(H,19,20). The van der Waals surface area contributed by atoms with Gasteiger partial charge < -0.3 is 11.1 Å². The number of aromatic nitrogens is 1. The van der Waals surface area contributed by atoms with Crippen LogP contribution in [0.1, 0.15) is 10.4 Å². The molecule has 0 aliphatic carbocycles. The molecule has 5 heteroatoms. The first-order valence-corrected chi connectivity index (χ1v) is 7.28. The van der Waals surface area contributed by atoms with Crippen LogP contribution in [0, 0.1) is 0 Å². The molecule has 3 aromatic rings. The molecule has 1 aromatic heterocycles. The molecule has 1 amide bonds. The van der Waals surface area contributed by atoms with Gasteiger partial charge in [0.15, 0.2) is 0 Å². The van der Waals surface area contributed by atoms with Crippen LogP contribution in [0.15, 0.2) is 60.1 Å². The van der Waals surface area contributed by atoms with Gasteiger partial charge in [-0.15, -0.1) is 11.3 Å². The topological polar surface area (TPSA) is 68.0 Å². The summed E-state index contributed by atoms with van der Waals surface area (Å²) in [6, 6.07) is 14.6. The Morgan fingerprint density at radius 1 is 1.10 bits per heavy atom. The maximum atomic E-state index is 12.1. The minimum absolute atomic E-state index is 0.213. The van der Waals surface area contributed by atoms with Gasteiger partial charge in [-0.1, -0.05) is 12.1 Å². The van der Waals surface area contributed by atoms with Crippen LogP contribution >= 0.6 is 11.3 Å². The molecule has 0 aliphatic heterocycles. The number of benzene rings is 2. The monoisotopic (exact) mass is 295 g/mol. The third-order valence-corrected chi connectivity index (χ3v) is 3.85. The number of amides is 1. The van der Waals surface area contributed by atoms with E-state index in [9.17, 15) is 4.79 Å². The zero-order valence-electron chi connectivity index (χ0n) is 11.1. The van der Waals surface area contributed by atoms with Crippen molar-refractivity contribution in [3.8, 4) is 10.6 Å². The van der Waals surface area contributed by atoms with Crippen LogP contribution in [0.25, 0.3) is 10.6 Å². The van der Waals surface area contributed by atoms with Crippen LogP contribution in [0.5, 0.6) is 0 Å². The van der Waals surface area contributed by atoms with Crippen molar-refractivity contribution >= 4 is 28.6 Å². The molecule has 21 heavy (non-hydrogen) atoms. The third-order valence-electron chi connectivity index (χ3n) is 3.03. The summed E-state index contributed by atoms with van der Waals surface area (Å²) >= 11 is 1.58. The van der Waals surface area contributed by atoms with Gasteiger partial charge in [-0.3, -0.25) is 4.79 Å². The fraction of sp³-hybridized carbons (Fsp3) is 0. The van der Waals surface area contributed by atoms with Crippen LogP contribution in [-0.4, -0.2) is 10.9 Å². The van der Waals surface area contributed by atoms with Crippen LogP contribution in [0.3, 0.4) is 0 Å². The molecule has 1 heterocycles. The number of rotatable bonds is 3. The van der Waals surface area contributed by atoms with Gasteiger partial charge in [0.25, 0.3) is 5.91 Å². The highest BCUT2D eigenvalue weighted by atomic mass is 32.1. The van der Waals surface area contributed by atoms with E-state index in [1.54, 1.807) is 41.8 Å². The predicted molar refractivity (Wildman–Crippen MR) is 86.4 cm³/mol. The number of hydrogen-bond donors (Lipinski definition) is 2. The molecule has 104 valence electrons. The summed E-state index contributed by atoms with van der Waals surface area (Å²) in [5.41, 5.74) is 8.49. The Hall–Kier alpha value is -2.66. The Morgan fingerprint density at radius 3 is 2.52 bits per heavy atom. The van der Waals surface area contributed by atoms with Gasteiger partial charge in [-0.05, 0) is 36.4 Å². The summed E-state index contributed by atoms with van der Waals surface area (Å²) in [7, 11) is 0. The van der Waals surface area contributed by atoms with E-state index in [2.05, 4.69) is 10.3 Å². The molecule has 0 atom stereocenters. The van der Waals surface area contributed by atoms with Gasteiger partial charge >= 0.3 is 0 Å². The average molecular weight is 295 g/mol. The Morgan fingerprint density at radius 2 is 1.86 bits per heavy atom. The molecular formula is C16H13N3OS. The Kier molecular flexibility index (Phi) is 3.66. The lowest BCUT2D eigenvalue weighted by Crippen LogP contribution is -2.13. The highest BCUT2D eigenvalue weighted by Crippen LogP contribution is 2.23. The summed E-state index contributed by atoms with van der Waals surface area (Å²) < 4.78 is 0. The summed E-state index contributed by atoms with van der Waals surface area (Å²) in [5, 5.41) is 5.73. The zero-order chi connectivity index (χ0) is 14.7. The maximum Gasteiger partial charge on any atom is 0.257 e. The van der Waals surface area contributed by atoms with E-state index in [-0.39, 0.29) is 5.91 Å². The SMILES string of the molecule is Nc1ccccc1C(=O)Nc1ccc(-c2nccs2)cc1. The number of thiazole rings is 1. The third kappa shape index (κ3) is 2.93. The molecule has 0 fully saturated rings. The molecule has 4 nitrogen and oxygen atoms in total. The Labute approximate surface area is 126 Å². The fourth-order valence-corrected chi connectivity index (χ4v) is 2.61. The summed E-state index contributed by atoms with van der Waals surface area (Å²) in [6.07, 6.45) is 1.77. The van der Waals surface area contributed by atoms with E-state index >= 15 is 0 Å². The minimum atomic E-state index is -0.213. The van der Waals surface area contributed by atoms with Crippen LogP contribution < -0.4 is 11.1 Å². The molecule has 0 saturated carbocycles. The van der Waals surface area contributed by atoms with Crippen molar-refractivity contribution in [3.63, 3.8) is 0 Å². The lowest BCUT2D eigenvalue weighted by atomic mass is 10.1. The van der Waals surface area contributed by atoms with Crippen molar-refractivity contribution in [2.24, 2.45) is 0 Å². The number of nitrogens with two attached hydrogens (primary N) is 1. The number of nitrogens with one attached hydrogen (secondary N) is 1. The van der Waals surface area contributed by atoms with E-state index in [1.807, 2.05) is 29.6 Å². The van der Waals surface area contributed by atoms with Gasteiger partial charge in [0.05, 0.1) is 5.56 Å². The molecular weight excluding hydrogens is 282 g/mol. The van der Waals surface area contributed by atoms with Crippen LogP contribution in [-0.2, 0) is 0 Å². The van der Waals surface area contributed by atoms with Crippen molar-refractivity contribution in [3.05, 3.63) is 65.7 Å². The van der Waals surface area contributed by atoms with Crippen molar-refractivity contribution in [2.75, 3.05) is 11.1 Å². The average Bonchev–Trinajstić information content (AvgIpc) is 3.02. The van der Waals surface area contributed by atoms with Gasteiger partial charge in [-0.25, -0.2) is 4.98 Å². The molecule has 0 spiro atoms. The molecule has 0 saturated heterocycles. The van der Waals surface area contributed by atoms with E-state index in [4.69, 9.17) is 5.73 Å². The van der Waals surface area contributed by atoms with E-state index < -0.39 is 0 Å².